The Morgan fingerprint density at radius 1 is 1.30 bits per heavy atom. The predicted octanol–water partition coefficient (Wildman–Crippen LogP) is 3.21. The molecule has 110 valence electrons. The molecule has 5 heteroatoms. The van der Waals surface area contributed by atoms with Crippen molar-refractivity contribution in [2.45, 2.75) is 44.1 Å². The number of carboxylic acid groups (broad SMARTS) is 1. The fourth-order valence-electron chi connectivity index (χ4n) is 2.89. The van der Waals surface area contributed by atoms with E-state index in [-0.39, 0.29) is 17.9 Å². The van der Waals surface area contributed by atoms with Crippen molar-refractivity contribution in [3.8, 4) is 0 Å². The second kappa shape index (κ2) is 5.87. The van der Waals surface area contributed by atoms with Crippen molar-refractivity contribution in [2.75, 3.05) is 0 Å². The van der Waals surface area contributed by atoms with Gasteiger partial charge in [-0.05, 0) is 56.2 Å². The number of carboxylic acids is 1. The minimum Gasteiger partial charge on any atom is -0.481 e. The van der Waals surface area contributed by atoms with E-state index in [1.807, 2.05) is 0 Å². The van der Waals surface area contributed by atoms with E-state index < -0.39 is 23.2 Å². The number of aliphatic hydroxyl groups is 1. The molecule has 0 bridgehead atoms. The monoisotopic (exact) mass is 284 g/mol. The summed E-state index contributed by atoms with van der Waals surface area (Å²) in [4.78, 5) is 10.5. The molecule has 0 spiro atoms. The molecule has 1 saturated carbocycles. The molecule has 0 aliphatic heterocycles. The van der Waals surface area contributed by atoms with E-state index in [1.165, 1.54) is 0 Å². The van der Waals surface area contributed by atoms with Gasteiger partial charge in [0, 0.05) is 12.0 Å². The van der Waals surface area contributed by atoms with Crippen LogP contribution >= 0.6 is 0 Å². The first-order valence-electron chi connectivity index (χ1n) is 6.80. The third kappa shape index (κ3) is 3.33. The fourth-order valence-corrected chi connectivity index (χ4v) is 2.89. The van der Waals surface area contributed by atoms with Crippen LogP contribution in [0.1, 0.15) is 44.1 Å². The largest absolute Gasteiger partial charge is 0.481 e. The van der Waals surface area contributed by atoms with Gasteiger partial charge in [0.05, 0.1) is 5.60 Å². The molecule has 0 atom stereocenters. The number of carbonyl (C=O) groups is 1. The molecule has 1 aliphatic rings. The van der Waals surface area contributed by atoms with Crippen molar-refractivity contribution < 1.29 is 23.8 Å². The maximum atomic E-state index is 13.7. The van der Waals surface area contributed by atoms with Crippen LogP contribution in [0.2, 0.25) is 0 Å². The van der Waals surface area contributed by atoms with E-state index in [9.17, 15) is 18.7 Å². The molecule has 0 saturated heterocycles. The van der Waals surface area contributed by atoms with Crippen molar-refractivity contribution in [1.29, 1.82) is 0 Å². The Hall–Kier alpha value is -1.49. The third-order valence-electron chi connectivity index (χ3n) is 4.13. The van der Waals surface area contributed by atoms with E-state index in [4.69, 9.17) is 5.11 Å². The van der Waals surface area contributed by atoms with Gasteiger partial charge in [-0.2, -0.15) is 0 Å². The van der Waals surface area contributed by atoms with Gasteiger partial charge < -0.3 is 10.2 Å². The lowest BCUT2D eigenvalue weighted by molar-refractivity contribution is -0.137. The summed E-state index contributed by atoms with van der Waals surface area (Å²) in [5.41, 5.74) is -1.33. The molecular formula is C15H18F2O3. The summed E-state index contributed by atoms with van der Waals surface area (Å²) in [6.07, 6.45) is 2.59. The quantitative estimate of drug-likeness (QED) is 0.892. The van der Waals surface area contributed by atoms with Crippen LogP contribution in [0, 0.1) is 17.6 Å². The van der Waals surface area contributed by atoms with Crippen LogP contribution < -0.4 is 0 Å². The summed E-state index contributed by atoms with van der Waals surface area (Å²) >= 11 is 0. The van der Waals surface area contributed by atoms with Crippen LogP contribution in [0.4, 0.5) is 8.78 Å². The van der Waals surface area contributed by atoms with E-state index in [2.05, 4.69) is 0 Å². The molecule has 0 amide bonds. The molecular weight excluding hydrogens is 266 g/mol. The van der Waals surface area contributed by atoms with E-state index in [0.717, 1.165) is 18.2 Å². The van der Waals surface area contributed by atoms with Crippen LogP contribution in [0.25, 0.3) is 0 Å². The zero-order valence-corrected chi connectivity index (χ0v) is 11.1. The Bertz CT molecular complexity index is 494. The molecule has 1 aromatic carbocycles. The summed E-state index contributed by atoms with van der Waals surface area (Å²) < 4.78 is 27.0. The zero-order valence-electron chi connectivity index (χ0n) is 11.1. The van der Waals surface area contributed by atoms with Gasteiger partial charge in [0.15, 0.2) is 0 Å². The smallest absolute Gasteiger partial charge is 0.303 e. The average molecular weight is 284 g/mol. The molecule has 1 fully saturated rings. The predicted molar refractivity (Wildman–Crippen MR) is 69.1 cm³/mol. The van der Waals surface area contributed by atoms with Crippen LogP contribution in [0.15, 0.2) is 18.2 Å². The number of aliphatic carboxylic acids is 1. The molecule has 0 unspecified atom stereocenters. The molecule has 0 heterocycles. The highest BCUT2D eigenvalue weighted by atomic mass is 19.1. The van der Waals surface area contributed by atoms with Gasteiger partial charge >= 0.3 is 5.97 Å². The number of rotatable bonds is 4. The highest BCUT2D eigenvalue weighted by Gasteiger charge is 2.36. The van der Waals surface area contributed by atoms with Crippen molar-refractivity contribution in [1.82, 2.24) is 0 Å². The highest BCUT2D eigenvalue weighted by molar-refractivity contribution is 5.66. The second-order valence-corrected chi connectivity index (χ2v) is 5.53. The molecule has 20 heavy (non-hydrogen) atoms. The first-order valence-corrected chi connectivity index (χ1v) is 6.80. The van der Waals surface area contributed by atoms with Crippen LogP contribution in [-0.2, 0) is 10.4 Å². The van der Waals surface area contributed by atoms with Crippen LogP contribution in [-0.4, -0.2) is 16.2 Å². The zero-order chi connectivity index (χ0) is 14.8. The van der Waals surface area contributed by atoms with Crippen LogP contribution in [0.3, 0.4) is 0 Å². The standard InChI is InChI=1S/C15H18F2O3/c16-11-2-3-13(17)12(9-11)15(20)7-5-10(6-8-15)1-4-14(18)19/h2-3,9-10,20H,1,4-8H2,(H,18,19). The Morgan fingerprint density at radius 2 is 1.95 bits per heavy atom. The summed E-state index contributed by atoms with van der Waals surface area (Å²) in [6.45, 7) is 0. The Labute approximate surface area is 116 Å². The van der Waals surface area contributed by atoms with Gasteiger partial charge in [-0.1, -0.05) is 0 Å². The minimum absolute atomic E-state index is 0.00850. The van der Waals surface area contributed by atoms with Crippen molar-refractivity contribution in [3.63, 3.8) is 0 Å². The summed E-state index contributed by atoms with van der Waals surface area (Å²) in [5.74, 6) is -1.77. The first-order chi connectivity index (χ1) is 9.40. The molecule has 0 radical (unpaired) electrons. The van der Waals surface area contributed by atoms with Gasteiger partial charge in [-0.3, -0.25) is 4.79 Å². The van der Waals surface area contributed by atoms with Gasteiger partial charge in [-0.15, -0.1) is 0 Å². The van der Waals surface area contributed by atoms with Crippen molar-refractivity contribution >= 4 is 5.97 Å². The number of hydrogen-bond donors (Lipinski definition) is 2. The molecule has 2 rings (SSSR count). The lowest BCUT2D eigenvalue weighted by atomic mass is 9.74. The maximum absolute atomic E-state index is 13.7. The minimum atomic E-state index is -1.34. The van der Waals surface area contributed by atoms with Gasteiger partial charge in [0.1, 0.15) is 11.6 Å². The third-order valence-corrected chi connectivity index (χ3v) is 4.13. The number of hydrogen-bond acceptors (Lipinski definition) is 2. The Balaban J connectivity index is 2.04. The molecule has 1 aromatic rings. The highest BCUT2D eigenvalue weighted by Crippen LogP contribution is 2.41. The second-order valence-electron chi connectivity index (χ2n) is 5.53. The summed E-state index contributed by atoms with van der Waals surface area (Å²) in [7, 11) is 0. The topological polar surface area (TPSA) is 57.5 Å². The number of halogens is 2. The Kier molecular flexibility index (Phi) is 4.38. The van der Waals surface area contributed by atoms with Crippen molar-refractivity contribution in [2.24, 2.45) is 5.92 Å². The molecule has 3 nitrogen and oxygen atoms in total. The molecule has 0 aromatic heterocycles. The summed E-state index contributed by atoms with van der Waals surface area (Å²) in [5, 5.41) is 19.2. The van der Waals surface area contributed by atoms with E-state index in [1.54, 1.807) is 0 Å². The first kappa shape index (κ1) is 14.9. The molecule has 1 aliphatic carbocycles. The SMILES string of the molecule is O=C(O)CCC1CCC(O)(c2cc(F)ccc2F)CC1. The normalized spacial score (nSPS) is 26.4. The van der Waals surface area contributed by atoms with Crippen LogP contribution in [0.5, 0.6) is 0 Å². The lowest BCUT2D eigenvalue weighted by Crippen LogP contribution is -2.32. The van der Waals surface area contributed by atoms with Gasteiger partial charge in [0.2, 0.25) is 0 Å². The lowest BCUT2D eigenvalue weighted by Gasteiger charge is -2.36. The van der Waals surface area contributed by atoms with E-state index in [0.29, 0.717) is 32.1 Å². The number of benzene rings is 1. The fraction of sp³-hybridized carbons (Fsp3) is 0.533. The average Bonchev–Trinajstić information content (AvgIpc) is 2.41. The van der Waals surface area contributed by atoms with Crippen molar-refractivity contribution in [3.05, 3.63) is 35.4 Å². The van der Waals surface area contributed by atoms with Gasteiger partial charge in [0.25, 0.3) is 0 Å². The Morgan fingerprint density at radius 3 is 2.55 bits per heavy atom. The van der Waals surface area contributed by atoms with Gasteiger partial charge in [-0.25, -0.2) is 8.78 Å². The molecule has 2 N–H and O–H groups in total. The summed E-state index contributed by atoms with van der Waals surface area (Å²) in [6, 6.07) is 3.10. The van der Waals surface area contributed by atoms with E-state index >= 15 is 0 Å². The maximum Gasteiger partial charge on any atom is 0.303 e.